The molecule has 0 saturated carbocycles. The minimum atomic E-state index is -4.99. The molecule has 1 unspecified atom stereocenters. The second-order valence-corrected chi connectivity index (χ2v) is 9.61. The zero-order valence-corrected chi connectivity index (χ0v) is 21.1. The Morgan fingerprint density at radius 1 is 1.05 bits per heavy atom. The topological polar surface area (TPSA) is 76.0 Å². The van der Waals surface area contributed by atoms with Crippen molar-refractivity contribution in [3.05, 3.63) is 93.1 Å². The Morgan fingerprint density at radius 2 is 1.76 bits per heavy atom. The Labute approximate surface area is 229 Å². The highest BCUT2D eigenvalue weighted by atomic mass is 35.5. The van der Waals surface area contributed by atoms with Gasteiger partial charge < -0.3 is 10.6 Å². The van der Waals surface area contributed by atoms with Crippen LogP contribution in [-0.4, -0.2) is 27.8 Å². The molecule has 5 rings (SSSR count). The van der Waals surface area contributed by atoms with Gasteiger partial charge in [0.2, 0.25) is 0 Å². The lowest BCUT2D eigenvalue weighted by molar-refractivity contribution is -0.164. The Balaban J connectivity index is 1.73. The number of nitrogens with zero attached hydrogens (tertiary/aromatic N) is 2. The Morgan fingerprint density at radius 3 is 2.41 bits per heavy atom. The second-order valence-electron chi connectivity index (χ2n) is 9.21. The Kier molecular flexibility index (Phi) is 6.71. The molecule has 6 nitrogen and oxygen atoms in total. The van der Waals surface area contributed by atoms with E-state index in [4.69, 9.17) is 11.6 Å². The van der Waals surface area contributed by atoms with Gasteiger partial charge in [-0.1, -0.05) is 11.6 Å². The van der Waals surface area contributed by atoms with Crippen LogP contribution < -0.4 is 10.6 Å². The predicted molar refractivity (Wildman–Crippen MR) is 131 cm³/mol. The third kappa shape index (κ3) is 5.07. The van der Waals surface area contributed by atoms with Crippen molar-refractivity contribution in [2.75, 3.05) is 5.32 Å². The number of hydrogen-bond donors (Lipinski definition) is 2. The first kappa shape index (κ1) is 28.3. The number of rotatable bonds is 4. The lowest BCUT2D eigenvalue weighted by Crippen LogP contribution is -2.24. The molecule has 0 aliphatic carbocycles. The number of fused-ring (bicyclic) bond motifs is 3. The normalized spacial score (nSPS) is 16.0. The fraction of sp³-hybridized carbons (Fsp3) is 0.192. The number of amides is 2. The average molecular weight is 603 g/mol. The maximum absolute atomic E-state index is 14.1. The van der Waals surface area contributed by atoms with Crippen molar-refractivity contribution in [2.45, 2.75) is 31.4 Å². The van der Waals surface area contributed by atoms with Crippen molar-refractivity contribution in [3.8, 4) is 0 Å². The van der Waals surface area contributed by atoms with Crippen LogP contribution in [0.3, 0.4) is 0 Å². The van der Waals surface area contributed by atoms with Crippen LogP contribution >= 0.6 is 11.6 Å². The average Bonchev–Trinajstić information content (AvgIpc) is 3.44. The van der Waals surface area contributed by atoms with Crippen molar-refractivity contribution >= 4 is 40.0 Å². The molecule has 0 radical (unpaired) electrons. The minimum absolute atomic E-state index is 0.0109. The maximum Gasteiger partial charge on any atom is 0.416 e. The van der Waals surface area contributed by atoms with Gasteiger partial charge in [0.15, 0.2) is 0 Å². The molecule has 2 amide bonds. The van der Waals surface area contributed by atoms with Crippen LogP contribution in [0.25, 0.3) is 10.9 Å². The Bertz CT molecular complexity index is 1730. The summed E-state index contributed by atoms with van der Waals surface area (Å²) in [5.74, 6) is -4.21. The summed E-state index contributed by atoms with van der Waals surface area (Å²) >= 11 is 6.24. The molecule has 1 aliphatic heterocycles. The summed E-state index contributed by atoms with van der Waals surface area (Å²) < 4.78 is 109. The molecule has 2 atom stereocenters. The zero-order valence-electron chi connectivity index (χ0n) is 20.4. The number of aromatic nitrogens is 2. The van der Waals surface area contributed by atoms with E-state index in [1.165, 1.54) is 6.07 Å². The molecule has 4 aromatic rings. The fourth-order valence-electron chi connectivity index (χ4n) is 4.62. The quantitative estimate of drug-likeness (QED) is 0.243. The van der Waals surface area contributed by atoms with E-state index in [2.05, 4.69) is 15.7 Å². The first-order chi connectivity index (χ1) is 19.1. The van der Waals surface area contributed by atoms with Gasteiger partial charge in [0.25, 0.3) is 11.8 Å². The molecule has 1 aliphatic rings. The molecule has 1 aromatic heterocycles. The molecule has 2 heterocycles. The number of hydrogen-bond acceptors (Lipinski definition) is 3. The highest BCUT2D eigenvalue weighted by Crippen LogP contribution is 2.44. The van der Waals surface area contributed by atoms with Crippen molar-refractivity contribution < 1.29 is 44.7 Å². The van der Waals surface area contributed by atoms with E-state index in [-0.39, 0.29) is 44.4 Å². The van der Waals surface area contributed by atoms with Gasteiger partial charge in [-0.25, -0.2) is 8.78 Å². The summed E-state index contributed by atoms with van der Waals surface area (Å²) in [7, 11) is 0. The molecule has 0 bridgehead atoms. The van der Waals surface area contributed by atoms with Crippen molar-refractivity contribution in [3.63, 3.8) is 0 Å². The largest absolute Gasteiger partial charge is 0.416 e. The van der Waals surface area contributed by atoms with E-state index >= 15 is 0 Å². The molecule has 2 N–H and O–H groups in total. The lowest BCUT2D eigenvalue weighted by Gasteiger charge is -2.20. The van der Waals surface area contributed by atoms with Crippen LogP contribution in [0.4, 0.5) is 40.8 Å². The summed E-state index contributed by atoms with van der Waals surface area (Å²) in [6.07, 6.45) is -8.75. The third-order valence-corrected chi connectivity index (χ3v) is 6.92. The highest BCUT2D eigenvalue weighted by molar-refractivity contribution is 6.31. The van der Waals surface area contributed by atoms with E-state index in [9.17, 15) is 44.7 Å². The fourth-order valence-corrected chi connectivity index (χ4v) is 4.85. The van der Waals surface area contributed by atoms with Gasteiger partial charge in [-0.05, 0) is 49.4 Å². The number of carbonyl (C=O) groups is 2. The number of alkyl halides is 6. The lowest BCUT2D eigenvalue weighted by atomic mass is 9.94. The van der Waals surface area contributed by atoms with Gasteiger partial charge in [-0.2, -0.15) is 31.4 Å². The molecule has 214 valence electrons. The van der Waals surface area contributed by atoms with Gasteiger partial charge in [0.05, 0.1) is 28.9 Å². The molecule has 41 heavy (non-hydrogen) atoms. The highest BCUT2D eigenvalue weighted by Gasteiger charge is 2.41. The van der Waals surface area contributed by atoms with Gasteiger partial charge in [-0.3, -0.25) is 14.3 Å². The number of anilines is 1. The van der Waals surface area contributed by atoms with Crippen LogP contribution in [0, 0.1) is 11.6 Å². The van der Waals surface area contributed by atoms with Gasteiger partial charge in [0.1, 0.15) is 17.7 Å². The summed E-state index contributed by atoms with van der Waals surface area (Å²) in [4.78, 5) is 26.3. The van der Waals surface area contributed by atoms with Gasteiger partial charge >= 0.3 is 12.4 Å². The number of nitrogens with one attached hydrogen (secondary N) is 2. The molecule has 0 spiro atoms. The van der Waals surface area contributed by atoms with Gasteiger partial charge in [-0.15, -0.1) is 0 Å². The number of halogens is 9. The van der Waals surface area contributed by atoms with Crippen molar-refractivity contribution in [1.29, 1.82) is 0 Å². The number of carbonyl (C=O) groups excluding carboxylic acids is 2. The van der Waals surface area contributed by atoms with Crippen LogP contribution in [0.5, 0.6) is 0 Å². The summed E-state index contributed by atoms with van der Waals surface area (Å²) in [5.41, 5.74) is -3.05. The SMILES string of the molecule is CC(n1ncc2c3c(c(NC(=O)c4cc(F)cc(C(F)(F)F)c4)cc21)[C@@H](c1cc(F)ccc1Cl)NC3=O)C(F)(F)F. The van der Waals surface area contributed by atoms with Crippen LogP contribution in [-0.2, 0) is 6.18 Å². The smallest absolute Gasteiger partial charge is 0.341 e. The Hall–Kier alpha value is -4.20. The van der Waals surface area contributed by atoms with Crippen molar-refractivity contribution in [1.82, 2.24) is 15.1 Å². The maximum atomic E-state index is 14.1. The molecule has 15 heteroatoms. The molecular weight excluding hydrogens is 588 g/mol. The third-order valence-electron chi connectivity index (χ3n) is 6.58. The summed E-state index contributed by atoms with van der Waals surface area (Å²) in [6.45, 7) is 0.804. The predicted octanol–water partition coefficient (Wildman–Crippen LogP) is 7.20. The first-order valence-electron chi connectivity index (χ1n) is 11.6. The summed E-state index contributed by atoms with van der Waals surface area (Å²) in [6, 6.07) is 1.96. The van der Waals surface area contributed by atoms with Crippen LogP contribution in [0.1, 0.15) is 56.4 Å². The monoisotopic (exact) mass is 602 g/mol. The van der Waals surface area contributed by atoms with E-state index in [0.717, 1.165) is 31.3 Å². The first-order valence-corrected chi connectivity index (χ1v) is 12.0. The van der Waals surface area contributed by atoms with Crippen LogP contribution in [0.15, 0.2) is 48.7 Å². The van der Waals surface area contributed by atoms with Gasteiger partial charge in [0, 0.05) is 32.8 Å². The van der Waals surface area contributed by atoms with E-state index in [0.29, 0.717) is 16.8 Å². The minimum Gasteiger partial charge on any atom is -0.341 e. The molecule has 0 saturated heterocycles. The van der Waals surface area contributed by atoms with E-state index in [1.54, 1.807) is 0 Å². The standard InChI is InChI=1S/C26H15ClF8N4O2/c1-10(25(30,31)32)39-19-8-18(37-23(40)11-4-12(26(33,34)35)6-14(29)5-11)21-20(16(19)9-36-39)24(41)38-22(21)15-7-13(28)2-3-17(15)27/h2-10,22H,1H3,(H,37,40)(H,38,41)/t10?,22-/m1/s1. The number of benzene rings is 3. The molecular formula is C26H15ClF8N4O2. The summed E-state index contributed by atoms with van der Waals surface area (Å²) in [5, 5.41) is 8.54. The van der Waals surface area contributed by atoms with E-state index < -0.39 is 59.0 Å². The molecule has 0 fully saturated rings. The second kappa shape index (κ2) is 9.72. The molecule has 3 aromatic carbocycles. The van der Waals surface area contributed by atoms with Crippen LogP contribution in [0.2, 0.25) is 5.02 Å². The van der Waals surface area contributed by atoms with Crippen molar-refractivity contribution in [2.24, 2.45) is 0 Å². The zero-order chi connectivity index (χ0) is 30.0. The van der Waals surface area contributed by atoms with E-state index in [1.807, 2.05) is 0 Å².